The SMILES string of the molecule is CCC=C(C)C(=O)N(CCO)C(CC)CC. The lowest BCUT2D eigenvalue weighted by atomic mass is 10.1. The molecule has 3 heteroatoms. The van der Waals surface area contributed by atoms with E-state index in [1.54, 1.807) is 4.90 Å². The van der Waals surface area contributed by atoms with Crippen LogP contribution in [0, 0.1) is 0 Å². The normalized spacial score (nSPS) is 12.0. The number of carbonyl (C=O) groups is 1. The summed E-state index contributed by atoms with van der Waals surface area (Å²) in [5, 5.41) is 9.02. The maximum absolute atomic E-state index is 12.1. The summed E-state index contributed by atoms with van der Waals surface area (Å²) in [5.41, 5.74) is 0.780. The molecule has 3 nitrogen and oxygen atoms in total. The van der Waals surface area contributed by atoms with E-state index in [0.717, 1.165) is 24.8 Å². The minimum absolute atomic E-state index is 0.0294. The standard InChI is InChI=1S/C13H25NO2/c1-5-8-11(4)13(16)14(9-10-15)12(6-2)7-3/h8,12,15H,5-7,9-10H2,1-4H3. The lowest BCUT2D eigenvalue weighted by Gasteiger charge is -2.30. The minimum Gasteiger partial charge on any atom is -0.395 e. The average Bonchev–Trinajstić information content (AvgIpc) is 2.29. The second-order valence-corrected chi connectivity index (χ2v) is 3.99. The van der Waals surface area contributed by atoms with Gasteiger partial charge in [0.2, 0.25) is 5.91 Å². The monoisotopic (exact) mass is 227 g/mol. The molecule has 0 unspecified atom stereocenters. The average molecular weight is 227 g/mol. The number of hydrogen-bond acceptors (Lipinski definition) is 2. The molecule has 0 saturated heterocycles. The van der Waals surface area contributed by atoms with Crippen LogP contribution < -0.4 is 0 Å². The summed E-state index contributed by atoms with van der Waals surface area (Å²) in [6.45, 7) is 8.47. The molecule has 0 atom stereocenters. The van der Waals surface area contributed by atoms with Gasteiger partial charge in [-0.05, 0) is 26.2 Å². The molecule has 0 aliphatic heterocycles. The van der Waals surface area contributed by atoms with Gasteiger partial charge in [0.25, 0.3) is 0 Å². The van der Waals surface area contributed by atoms with Crippen LogP contribution in [0.2, 0.25) is 0 Å². The second kappa shape index (κ2) is 8.34. The van der Waals surface area contributed by atoms with Gasteiger partial charge in [-0.25, -0.2) is 0 Å². The highest BCUT2D eigenvalue weighted by Gasteiger charge is 2.21. The van der Waals surface area contributed by atoms with Crippen LogP contribution in [0.4, 0.5) is 0 Å². The van der Waals surface area contributed by atoms with Crippen LogP contribution in [0.15, 0.2) is 11.6 Å². The largest absolute Gasteiger partial charge is 0.395 e. The summed E-state index contributed by atoms with van der Waals surface area (Å²) in [5.74, 6) is 0.0598. The van der Waals surface area contributed by atoms with Crippen molar-refractivity contribution in [2.45, 2.75) is 53.0 Å². The Kier molecular flexibility index (Phi) is 7.90. The highest BCUT2D eigenvalue weighted by atomic mass is 16.3. The maximum Gasteiger partial charge on any atom is 0.249 e. The molecule has 0 aromatic heterocycles. The zero-order valence-corrected chi connectivity index (χ0v) is 11.0. The molecular formula is C13H25NO2. The number of nitrogens with zero attached hydrogens (tertiary/aromatic N) is 1. The molecule has 0 aromatic carbocycles. The van der Waals surface area contributed by atoms with Crippen molar-refractivity contribution in [3.05, 3.63) is 11.6 Å². The van der Waals surface area contributed by atoms with Gasteiger partial charge in [0.15, 0.2) is 0 Å². The van der Waals surface area contributed by atoms with E-state index >= 15 is 0 Å². The Morgan fingerprint density at radius 3 is 2.25 bits per heavy atom. The van der Waals surface area contributed by atoms with E-state index in [1.165, 1.54) is 0 Å². The summed E-state index contributed by atoms with van der Waals surface area (Å²) in [6.07, 6.45) is 4.67. The summed E-state index contributed by atoms with van der Waals surface area (Å²) < 4.78 is 0. The van der Waals surface area contributed by atoms with E-state index in [2.05, 4.69) is 13.8 Å². The third-order valence-corrected chi connectivity index (χ3v) is 2.83. The molecule has 0 spiro atoms. The van der Waals surface area contributed by atoms with Crippen LogP contribution in [0.25, 0.3) is 0 Å². The van der Waals surface area contributed by atoms with Gasteiger partial charge >= 0.3 is 0 Å². The smallest absolute Gasteiger partial charge is 0.249 e. The zero-order valence-electron chi connectivity index (χ0n) is 11.0. The Morgan fingerprint density at radius 2 is 1.88 bits per heavy atom. The number of hydrogen-bond donors (Lipinski definition) is 1. The van der Waals surface area contributed by atoms with E-state index in [0.29, 0.717) is 6.54 Å². The first kappa shape index (κ1) is 15.2. The summed E-state index contributed by atoms with van der Waals surface area (Å²) in [6, 6.07) is 0.236. The fourth-order valence-electron chi connectivity index (χ4n) is 1.91. The van der Waals surface area contributed by atoms with Crippen molar-refractivity contribution in [1.29, 1.82) is 0 Å². The molecule has 1 amide bonds. The van der Waals surface area contributed by atoms with E-state index in [1.807, 2.05) is 19.9 Å². The first-order valence-corrected chi connectivity index (χ1v) is 6.20. The fraction of sp³-hybridized carbons (Fsp3) is 0.769. The van der Waals surface area contributed by atoms with Gasteiger partial charge in [0.1, 0.15) is 0 Å². The number of aliphatic hydroxyl groups excluding tert-OH is 1. The third kappa shape index (κ3) is 4.35. The van der Waals surface area contributed by atoms with Crippen LogP contribution in [0.5, 0.6) is 0 Å². The predicted octanol–water partition coefficient (Wildman–Crippen LogP) is 2.35. The molecule has 1 N–H and O–H groups in total. The van der Waals surface area contributed by atoms with E-state index in [4.69, 9.17) is 5.11 Å². The van der Waals surface area contributed by atoms with Crippen LogP contribution in [0.1, 0.15) is 47.0 Å². The third-order valence-electron chi connectivity index (χ3n) is 2.83. The van der Waals surface area contributed by atoms with E-state index < -0.39 is 0 Å². The molecular weight excluding hydrogens is 202 g/mol. The van der Waals surface area contributed by atoms with Crippen molar-refractivity contribution in [2.24, 2.45) is 0 Å². The van der Waals surface area contributed by atoms with Crippen molar-refractivity contribution in [3.63, 3.8) is 0 Å². The molecule has 16 heavy (non-hydrogen) atoms. The van der Waals surface area contributed by atoms with Gasteiger partial charge < -0.3 is 10.0 Å². The Labute approximate surface area is 99.1 Å². The Balaban J connectivity index is 4.76. The van der Waals surface area contributed by atoms with Gasteiger partial charge in [-0.15, -0.1) is 0 Å². The van der Waals surface area contributed by atoms with Crippen LogP contribution in [-0.4, -0.2) is 35.1 Å². The lowest BCUT2D eigenvalue weighted by molar-refractivity contribution is -0.130. The van der Waals surface area contributed by atoms with Crippen molar-refractivity contribution in [1.82, 2.24) is 4.90 Å². The molecule has 0 aliphatic rings. The zero-order chi connectivity index (χ0) is 12.6. The van der Waals surface area contributed by atoms with Gasteiger partial charge in [-0.1, -0.05) is 26.8 Å². The molecule has 0 aliphatic carbocycles. The molecule has 94 valence electrons. The second-order valence-electron chi connectivity index (χ2n) is 3.99. The van der Waals surface area contributed by atoms with Crippen molar-refractivity contribution in [2.75, 3.05) is 13.2 Å². The van der Waals surface area contributed by atoms with Gasteiger partial charge in [0, 0.05) is 18.2 Å². The quantitative estimate of drug-likeness (QED) is 0.678. The lowest BCUT2D eigenvalue weighted by Crippen LogP contribution is -2.42. The molecule has 0 aromatic rings. The van der Waals surface area contributed by atoms with Crippen LogP contribution >= 0.6 is 0 Å². The summed E-state index contributed by atoms with van der Waals surface area (Å²) in [4.78, 5) is 13.9. The summed E-state index contributed by atoms with van der Waals surface area (Å²) in [7, 11) is 0. The topological polar surface area (TPSA) is 40.5 Å². The highest BCUT2D eigenvalue weighted by molar-refractivity contribution is 5.93. The number of amides is 1. The Bertz CT molecular complexity index is 232. The highest BCUT2D eigenvalue weighted by Crippen LogP contribution is 2.12. The van der Waals surface area contributed by atoms with Gasteiger partial charge in [0.05, 0.1) is 6.61 Å². The first-order valence-electron chi connectivity index (χ1n) is 6.20. The Hall–Kier alpha value is -0.830. The summed E-state index contributed by atoms with van der Waals surface area (Å²) >= 11 is 0. The molecule has 0 saturated carbocycles. The number of allylic oxidation sites excluding steroid dienone is 1. The molecule has 0 rings (SSSR count). The van der Waals surface area contributed by atoms with E-state index in [9.17, 15) is 4.79 Å². The van der Waals surface area contributed by atoms with Crippen molar-refractivity contribution < 1.29 is 9.90 Å². The number of rotatable bonds is 7. The number of aliphatic hydroxyl groups is 1. The van der Waals surface area contributed by atoms with Crippen molar-refractivity contribution in [3.8, 4) is 0 Å². The maximum atomic E-state index is 12.1. The minimum atomic E-state index is 0.0294. The molecule has 0 radical (unpaired) electrons. The van der Waals surface area contributed by atoms with Gasteiger partial charge in [-0.3, -0.25) is 4.79 Å². The van der Waals surface area contributed by atoms with Crippen LogP contribution in [-0.2, 0) is 4.79 Å². The van der Waals surface area contributed by atoms with Crippen LogP contribution in [0.3, 0.4) is 0 Å². The molecule has 0 bridgehead atoms. The predicted molar refractivity (Wildman–Crippen MR) is 67.2 cm³/mol. The molecule has 0 heterocycles. The Morgan fingerprint density at radius 1 is 1.31 bits per heavy atom. The first-order chi connectivity index (χ1) is 7.62. The fourth-order valence-corrected chi connectivity index (χ4v) is 1.91. The molecule has 0 fully saturated rings. The number of carbonyl (C=O) groups excluding carboxylic acids is 1. The van der Waals surface area contributed by atoms with Gasteiger partial charge in [-0.2, -0.15) is 0 Å². The van der Waals surface area contributed by atoms with E-state index in [-0.39, 0.29) is 18.6 Å². The van der Waals surface area contributed by atoms with Crippen molar-refractivity contribution >= 4 is 5.91 Å².